The number of furan rings is 1. The Morgan fingerprint density at radius 3 is 2.58 bits per heavy atom. The molecule has 4 nitrogen and oxygen atoms in total. The van der Waals surface area contributed by atoms with Crippen LogP contribution in [0.15, 0.2) is 59.2 Å². The number of hydrogen-bond donors (Lipinski definition) is 2. The van der Waals surface area contributed by atoms with E-state index in [0.29, 0.717) is 18.7 Å². The summed E-state index contributed by atoms with van der Waals surface area (Å²) in [6, 6.07) is 13.7. The number of para-hydroxylation sites is 1. The van der Waals surface area contributed by atoms with Crippen molar-refractivity contribution >= 4 is 11.0 Å². The molecule has 1 aromatic heterocycles. The van der Waals surface area contributed by atoms with Crippen LogP contribution >= 0.6 is 0 Å². The second kappa shape index (κ2) is 7.42. The monoisotopic (exact) mass is 333 g/mol. The van der Waals surface area contributed by atoms with Crippen LogP contribution in [0.5, 0.6) is 5.75 Å². The average molecular weight is 333 g/mol. The van der Waals surface area contributed by atoms with E-state index in [9.17, 15) is 13.9 Å². The van der Waals surface area contributed by atoms with Gasteiger partial charge in [-0.3, -0.25) is 0 Å². The molecule has 1 unspecified atom stereocenters. The molecule has 2 aromatic carbocycles. The summed E-state index contributed by atoms with van der Waals surface area (Å²) < 4.78 is 33.9. The Labute approximate surface area is 137 Å². The first kappa shape index (κ1) is 16.4. The molecule has 6 heteroatoms. The maximum absolute atomic E-state index is 12.1. The molecule has 0 bridgehead atoms. The van der Waals surface area contributed by atoms with Crippen LogP contribution in [0.1, 0.15) is 17.2 Å². The number of rotatable bonds is 7. The smallest absolute Gasteiger partial charge is 0.387 e. The number of aliphatic hydroxyl groups is 1. The zero-order valence-electron chi connectivity index (χ0n) is 12.8. The number of alkyl halides is 2. The van der Waals surface area contributed by atoms with E-state index in [1.54, 1.807) is 18.4 Å². The van der Waals surface area contributed by atoms with E-state index in [1.165, 1.54) is 12.1 Å². The van der Waals surface area contributed by atoms with E-state index in [2.05, 4.69) is 10.1 Å². The van der Waals surface area contributed by atoms with Crippen LogP contribution in [0, 0.1) is 0 Å². The normalized spacial score (nSPS) is 12.7. The van der Waals surface area contributed by atoms with Crippen LogP contribution in [-0.4, -0.2) is 18.3 Å². The van der Waals surface area contributed by atoms with Gasteiger partial charge in [0.15, 0.2) is 0 Å². The van der Waals surface area contributed by atoms with Crippen molar-refractivity contribution in [3.05, 3.63) is 65.9 Å². The van der Waals surface area contributed by atoms with Gasteiger partial charge < -0.3 is 19.6 Å². The fraction of sp³-hybridized carbons (Fsp3) is 0.222. The highest BCUT2D eigenvalue weighted by molar-refractivity contribution is 5.80. The predicted octanol–water partition coefficient (Wildman–Crippen LogP) is 3.86. The van der Waals surface area contributed by atoms with Crippen molar-refractivity contribution in [2.45, 2.75) is 19.3 Å². The third-order valence-electron chi connectivity index (χ3n) is 3.70. The highest BCUT2D eigenvalue weighted by Crippen LogP contribution is 2.21. The molecule has 0 aliphatic rings. The molecule has 0 aliphatic carbocycles. The molecule has 0 radical (unpaired) electrons. The molecule has 0 aliphatic heterocycles. The minimum absolute atomic E-state index is 0.0683. The first-order chi connectivity index (χ1) is 11.6. The topological polar surface area (TPSA) is 54.6 Å². The molecule has 1 heterocycles. The summed E-state index contributed by atoms with van der Waals surface area (Å²) in [5, 5.41) is 14.4. The SMILES string of the molecule is OC(CNCc1coc2ccccc12)c1ccc(OC(F)F)cc1. The third kappa shape index (κ3) is 3.90. The van der Waals surface area contributed by atoms with E-state index in [4.69, 9.17) is 4.42 Å². The Morgan fingerprint density at radius 2 is 1.83 bits per heavy atom. The van der Waals surface area contributed by atoms with Gasteiger partial charge in [0.1, 0.15) is 11.3 Å². The molecule has 0 spiro atoms. The number of fused-ring (bicyclic) bond motifs is 1. The lowest BCUT2D eigenvalue weighted by atomic mass is 10.1. The van der Waals surface area contributed by atoms with Gasteiger partial charge in [0.2, 0.25) is 0 Å². The molecular formula is C18H17F2NO3. The van der Waals surface area contributed by atoms with Gasteiger partial charge in [-0.1, -0.05) is 30.3 Å². The molecular weight excluding hydrogens is 316 g/mol. The predicted molar refractivity (Wildman–Crippen MR) is 86.0 cm³/mol. The lowest BCUT2D eigenvalue weighted by Crippen LogP contribution is -2.20. The number of halogens is 2. The zero-order chi connectivity index (χ0) is 16.9. The highest BCUT2D eigenvalue weighted by atomic mass is 19.3. The van der Waals surface area contributed by atoms with Crippen molar-refractivity contribution in [3.63, 3.8) is 0 Å². The van der Waals surface area contributed by atoms with Crippen LogP contribution in [0.3, 0.4) is 0 Å². The number of hydrogen-bond acceptors (Lipinski definition) is 4. The molecule has 3 aromatic rings. The zero-order valence-corrected chi connectivity index (χ0v) is 12.8. The van der Waals surface area contributed by atoms with Gasteiger partial charge in [-0.2, -0.15) is 8.78 Å². The molecule has 0 saturated carbocycles. The first-order valence-corrected chi connectivity index (χ1v) is 7.52. The van der Waals surface area contributed by atoms with Gasteiger partial charge >= 0.3 is 6.61 Å². The highest BCUT2D eigenvalue weighted by Gasteiger charge is 2.10. The third-order valence-corrected chi connectivity index (χ3v) is 3.70. The summed E-state index contributed by atoms with van der Waals surface area (Å²) in [7, 11) is 0. The van der Waals surface area contributed by atoms with Gasteiger partial charge in [0.05, 0.1) is 12.4 Å². The summed E-state index contributed by atoms with van der Waals surface area (Å²) in [5.74, 6) is 0.0683. The largest absolute Gasteiger partial charge is 0.464 e. The minimum atomic E-state index is -2.85. The molecule has 0 amide bonds. The van der Waals surface area contributed by atoms with Crippen molar-refractivity contribution in [2.24, 2.45) is 0 Å². The molecule has 2 N–H and O–H groups in total. The Kier molecular flexibility index (Phi) is 5.08. The summed E-state index contributed by atoms with van der Waals surface area (Å²) >= 11 is 0. The summed E-state index contributed by atoms with van der Waals surface area (Å²) in [4.78, 5) is 0. The summed E-state index contributed by atoms with van der Waals surface area (Å²) in [6.45, 7) is -1.97. The van der Waals surface area contributed by atoms with E-state index in [1.807, 2.05) is 24.3 Å². The fourth-order valence-corrected chi connectivity index (χ4v) is 2.50. The average Bonchev–Trinajstić information content (AvgIpc) is 2.98. The minimum Gasteiger partial charge on any atom is -0.464 e. The molecule has 0 saturated heterocycles. The maximum atomic E-state index is 12.1. The van der Waals surface area contributed by atoms with Crippen LogP contribution in [-0.2, 0) is 6.54 Å². The van der Waals surface area contributed by atoms with E-state index >= 15 is 0 Å². The standard InChI is InChI=1S/C18H17F2NO3/c19-18(20)24-14-7-5-12(6-8-14)16(22)10-21-9-13-11-23-17-4-2-1-3-15(13)17/h1-8,11,16,18,21-22H,9-10H2. The Morgan fingerprint density at radius 1 is 1.08 bits per heavy atom. The molecule has 0 fully saturated rings. The second-order valence-corrected chi connectivity index (χ2v) is 5.35. The van der Waals surface area contributed by atoms with Crippen LogP contribution in [0.4, 0.5) is 8.78 Å². The Balaban J connectivity index is 1.54. The van der Waals surface area contributed by atoms with Gasteiger partial charge in [-0.05, 0) is 23.8 Å². The lowest BCUT2D eigenvalue weighted by molar-refractivity contribution is -0.0498. The van der Waals surface area contributed by atoms with Crippen LogP contribution < -0.4 is 10.1 Å². The van der Waals surface area contributed by atoms with Gasteiger partial charge in [-0.25, -0.2) is 0 Å². The van der Waals surface area contributed by atoms with E-state index in [0.717, 1.165) is 16.5 Å². The fourth-order valence-electron chi connectivity index (χ4n) is 2.50. The molecule has 24 heavy (non-hydrogen) atoms. The number of aliphatic hydroxyl groups excluding tert-OH is 1. The Bertz CT molecular complexity index is 786. The van der Waals surface area contributed by atoms with Gasteiger partial charge in [-0.15, -0.1) is 0 Å². The number of benzene rings is 2. The van der Waals surface area contributed by atoms with Gasteiger partial charge in [0.25, 0.3) is 0 Å². The molecule has 126 valence electrons. The van der Waals surface area contributed by atoms with Gasteiger partial charge in [0, 0.05) is 24.0 Å². The maximum Gasteiger partial charge on any atom is 0.387 e. The molecule has 1 atom stereocenters. The van der Waals surface area contributed by atoms with Crippen molar-refractivity contribution in [2.75, 3.05) is 6.54 Å². The van der Waals surface area contributed by atoms with Crippen molar-refractivity contribution < 1.29 is 23.0 Å². The first-order valence-electron chi connectivity index (χ1n) is 7.52. The van der Waals surface area contributed by atoms with Crippen LogP contribution in [0.25, 0.3) is 11.0 Å². The van der Waals surface area contributed by atoms with Crippen molar-refractivity contribution in [1.82, 2.24) is 5.32 Å². The molecule has 3 rings (SSSR count). The summed E-state index contributed by atoms with van der Waals surface area (Å²) in [5.41, 5.74) is 2.46. The summed E-state index contributed by atoms with van der Waals surface area (Å²) in [6.07, 6.45) is 0.948. The second-order valence-electron chi connectivity index (χ2n) is 5.35. The van der Waals surface area contributed by atoms with Crippen molar-refractivity contribution in [1.29, 1.82) is 0 Å². The van der Waals surface area contributed by atoms with E-state index in [-0.39, 0.29) is 5.75 Å². The lowest BCUT2D eigenvalue weighted by Gasteiger charge is -2.13. The van der Waals surface area contributed by atoms with Crippen molar-refractivity contribution in [3.8, 4) is 5.75 Å². The number of ether oxygens (including phenoxy) is 1. The van der Waals surface area contributed by atoms with Crippen LogP contribution in [0.2, 0.25) is 0 Å². The quantitative estimate of drug-likeness (QED) is 0.689. The Hall–Kier alpha value is -2.44. The number of nitrogens with one attached hydrogen (secondary N) is 1. The van der Waals surface area contributed by atoms with E-state index < -0.39 is 12.7 Å².